The van der Waals surface area contributed by atoms with Crippen LogP contribution >= 0.6 is 15.9 Å². The van der Waals surface area contributed by atoms with E-state index in [0.29, 0.717) is 24.3 Å². The number of nitrogens with two attached hydrogens (primary N) is 1. The summed E-state index contributed by atoms with van der Waals surface area (Å²) in [5.41, 5.74) is 6.86. The molecule has 6 heteroatoms. The topological polar surface area (TPSA) is 72.9 Å². The van der Waals surface area contributed by atoms with E-state index in [1.807, 2.05) is 10.8 Å². The SMILES string of the molecule is Nc1ccc(C(=O)NCCn2ccnc2)cc1Br. The van der Waals surface area contributed by atoms with Crippen LogP contribution in [0.5, 0.6) is 0 Å². The van der Waals surface area contributed by atoms with Gasteiger partial charge in [0, 0.05) is 41.2 Å². The normalized spacial score (nSPS) is 10.3. The van der Waals surface area contributed by atoms with E-state index in [-0.39, 0.29) is 5.91 Å². The molecule has 0 fully saturated rings. The number of halogens is 1. The largest absolute Gasteiger partial charge is 0.398 e. The molecule has 3 N–H and O–H groups in total. The molecule has 1 amide bonds. The average Bonchev–Trinajstić information content (AvgIpc) is 2.85. The van der Waals surface area contributed by atoms with Crippen molar-refractivity contribution in [2.45, 2.75) is 6.54 Å². The number of aromatic nitrogens is 2. The van der Waals surface area contributed by atoms with E-state index in [9.17, 15) is 4.79 Å². The van der Waals surface area contributed by atoms with E-state index in [0.717, 1.165) is 4.47 Å². The first kappa shape index (κ1) is 12.6. The second kappa shape index (κ2) is 5.68. The van der Waals surface area contributed by atoms with Crippen molar-refractivity contribution in [2.24, 2.45) is 0 Å². The minimum atomic E-state index is -0.115. The molecule has 94 valence electrons. The molecule has 0 bridgehead atoms. The molecule has 0 aliphatic rings. The molecule has 0 unspecified atom stereocenters. The fourth-order valence-electron chi connectivity index (χ4n) is 1.49. The number of carbonyl (C=O) groups is 1. The van der Waals surface area contributed by atoms with E-state index < -0.39 is 0 Å². The maximum Gasteiger partial charge on any atom is 0.251 e. The number of nitrogens with one attached hydrogen (secondary N) is 1. The first-order chi connectivity index (χ1) is 8.66. The van der Waals surface area contributed by atoms with E-state index in [4.69, 9.17) is 5.73 Å². The highest BCUT2D eigenvalue weighted by Gasteiger charge is 2.06. The third-order valence-electron chi connectivity index (χ3n) is 2.48. The summed E-state index contributed by atoms with van der Waals surface area (Å²) in [5.74, 6) is -0.115. The third-order valence-corrected chi connectivity index (χ3v) is 3.16. The summed E-state index contributed by atoms with van der Waals surface area (Å²) in [4.78, 5) is 15.8. The molecule has 0 spiro atoms. The number of nitrogen functional groups attached to an aromatic ring is 1. The minimum Gasteiger partial charge on any atom is -0.398 e. The molecule has 0 aliphatic carbocycles. The number of imidazole rings is 1. The lowest BCUT2D eigenvalue weighted by Gasteiger charge is -2.07. The fraction of sp³-hybridized carbons (Fsp3) is 0.167. The highest BCUT2D eigenvalue weighted by molar-refractivity contribution is 9.10. The van der Waals surface area contributed by atoms with Gasteiger partial charge in [0.2, 0.25) is 0 Å². The maximum atomic E-state index is 11.8. The van der Waals surface area contributed by atoms with Gasteiger partial charge < -0.3 is 15.6 Å². The van der Waals surface area contributed by atoms with Gasteiger partial charge in [-0.05, 0) is 34.1 Å². The molecule has 0 radical (unpaired) electrons. The Morgan fingerprint density at radius 1 is 1.50 bits per heavy atom. The molecule has 2 rings (SSSR count). The number of amides is 1. The van der Waals surface area contributed by atoms with Crippen LogP contribution in [0.25, 0.3) is 0 Å². The van der Waals surface area contributed by atoms with Crippen molar-refractivity contribution in [3.63, 3.8) is 0 Å². The van der Waals surface area contributed by atoms with Crippen molar-refractivity contribution in [1.29, 1.82) is 0 Å². The first-order valence-electron chi connectivity index (χ1n) is 5.46. The standard InChI is InChI=1S/C12H13BrN4O/c13-10-7-9(1-2-11(10)14)12(18)16-4-6-17-5-3-15-8-17/h1-3,5,7-8H,4,6,14H2,(H,16,18). The molecular weight excluding hydrogens is 296 g/mol. The smallest absolute Gasteiger partial charge is 0.251 e. The van der Waals surface area contributed by atoms with Crippen LogP contribution in [0.4, 0.5) is 5.69 Å². The number of hydrogen-bond donors (Lipinski definition) is 2. The van der Waals surface area contributed by atoms with Crippen LogP contribution in [0.15, 0.2) is 41.4 Å². The molecule has 18 heavy (non-hydrogen) atoms. The Bertz CT molecular complexity index is 539. The van der Waals surface area contributed by atoms with Crippen molar-refractivity contribution in [2.75, 3.05) is 12.3 Å². The van der Waals surface area contributed by atoms with Crippen LogP contribution in [-0.2, 0) is 6.54 Å². The molecular formula is C12H13BrN4O. The van der Waals surface area contributed by atoms with Crippen LogP contribution in [0.1, 0.15) is 10.4 Å². The average molecular weight is 309 g/mol. The van der Waals surface area contributed by atoms with Gasteiger partial charge in [-0.25, -0.2) is 4.98 Å². The second-order valence-electron chi connectivity index (χ2n) is 3.79. The minimum absolute atomic E-state index is 0.115. The summed E-state index contributed by atoms with van der Waals surface area (Å²) in [7, 11) is 0. The number of hydrogen-bond acceptors (Lipinski definition) is 3. The second-order valence-corrected chi connectivity index (χ2v) is 4.65. The summed E-state index contributed by atoms with van der Waals surface area (Å²) in [6.07, 6.45) is 5.27. The monoisotopic (exact) mass is 308 g/mol. The number of benzene rings is 1. The lowest BCUT2D eigenvalue weighted by Crippen LogP contribution is -2.27. The number of rotatable bonds is 4. The van der Waals surface area contributed by atoms with E-state index in [1.165, 1.54) is 0 Å². The molecule has 1 heterocycles. The van der Waals surface area contributed by atoms with Gasteiger partial charge in [0.25, 0.3) is 5.91 Å². The van der Waals surface area contributed by atoms with Crippen molar-refractivity contribution >= 4 is 27.5 Å². The Hall–Kier alpha value is -1.82. The van der Waals surface area contributed by atoms with Gasteiger partial charge in [-0.3, -0.25) is 4.79 Å². The summed E-state index contributed by atoms with van der Waals surface area (Å²) >= 11 is 3.30. The van der Waals surface area contributed by atoms with Gasteiger partial charge in [0.05, 0.1) is 6.33 Å². The zero-order valence-corrected chi connectivity index (χ0v) is 11.2. The van der Waals surface area contributed by atoms with Crippen LogP contribution in [0, 0.1) is 0 Å². The van der Waals surface area contributed by atoms with Crippen LogP contribution in [-0.4, -0.2) is 22.0 Å². The molecule has 1 aromatic heterocycles. The van der Waals surface area contributed by atoms with Gasteiger partial charge in [-0.15, -0.1) is 0 Å². The van der Waals surface area contributed by atoms with Gasteiger partial charge in [-0.2, -0.15) is 0 Å². The summed E-state index contributed by atoms with van der Waals surface area (Å²) in [6, 6.07) is 5.11. The predicted octanol–water partition coefficient (Wildman–Crippen LogP) is 1.66. The van der Waals surface area contributed by atoms with Crippen molar-refractivity contribution < 1.29 is 4.79 Å². The molecule has 0 saturated heterocycles. The summed E-state index contributed by atoms with van der Waals surface area (Å²) < 4.78 is 2.63. The summed E-state index contributed by atoms with van der Waals surface area (Å²) in [6.45, 7) is 1.25. The van der Waals surface area contributed by atoms with Gasteiger partial charge in [0.1, 0.15) is 0 Å². The highest BCUT2D eigenvalue weighted by Crippen LogP contribution is 2.20. The van der Waals surface area contributed by atoms with Gasteiger partial charge in [0.15, 0.2) is 0 Å². The summed E-state index contributed by atoms with van der Waals surface area (Å²) in [5, 5.41) is 2.83. The van der Waals surface area contributed by atoms with Crippen LogP contribution in [0.2, 0.25) is 0 Å². The molecule has 0 aliphatic heterocycles. The third kappa shape index (κ3) is 3.10. The van der Waals surface area contributed by atoms with Crippen LogP contribution in [0.3, 0.4) is 0 Å². The van der Waals surface area contributed by atoms with Crippen molar-refractivity contribution in [1.82, 2.24) is 14.9 Å². The fourth-order valence-corrected chi connectivity index (χ4v) is 1.87. The molecule has 2 aromatic rings. The van der Waals surface area contributed by atoms with Gasteiger partial charge in [-0.1, -0.05) is 0 Å². The molecule has 0 saturated carbocycles. The van der Waals surface area contributed by atoms with Gasteiger partial charge >= 0.3 is 0 Å². The zero-order valence-electron chi connectivity index (χ0n) is 9.64. The van der Waals surface area contributed by atoms with E-state index in [1.54, 1.807) is 30.7 Å². The Labute approximate surface area is 113 Å². The Morgan fingerprint density at radius 2 is 2.33 bits per heavy atom. The predicted molar refractivity (Wildman–Crippen MR) is 73.1 cm³/mol. The van der Waals surface area contributed by atoms with E-state index in [2.05, 4.69) is 26.2 Å². The Kier molecular flexibility index (Phi) is 3.99. The quantitative estimate of drug-likeness (QED) is 0.844. The highest BCUT2D eigenvalue weighted by atomic mass is 79.9. The van der Waals surface area contributed by atoms with Crippen LogP contribution < -0.4 is 11.1 Å². The maximum absolute atomic E-state index is 11.8. The lowest BCUT2D eigenvalue weighted by molar-refractivity contribution is 0.0952. The Morgan fingerprint density at radius 3 is 3.00 bits per heavy atom. The number of anilines is 1. The van der Waals surface area contributed by atoms with Crippen molar-refractivity contribution in [3.8, 4) is 0 Å². The lowest BCUT2D eigenvalue weighted by atomic mass is 10.2. The molecule has 5 nitrogen and oxygen atoms in total. The number of nitrogens with zero attached hydrogens (tertiary/aromatic N) is 2. The Balaban J connectivity index is 1.89. The molecule has 1 aromatic carbocycles. The molecule has 0 atom stereocenters. The van der Waals surface area contributed by atoms with E-state index >= 15 is 0 Å². The van der Waals surface area contributed by atoms with Crippen molar-refractivity contribution in [3.05, 3.63) is 47.0 Å². The first-order valence-corrected chi connectivity index (χ1v) is 6.25. The zero-order chi connectivity index (χ0) is 13.0. The number of carbonyl (C=O) groups excluding carboxylic acids is 1.